The third-order valence-corrected chi connectivity index (χ3v) is 7.09. The van der Waals surface area contributed by atoms with Gasteiger partial charge in [0.25, 0.3) is 10.0 Å². The number of carbonyl (C=O) groups is 1. The molecule has 2 heterocycles. The smallest absolute Gasteiger partial charge is 0.271 e. The molecule has 2 aromatic rings. The number of hydrogen-bond donors (Lipinski definition) is 1. The summed E-state index contributed by atoms with van der Waals surface area (Å²) in [6.45, 7) is 8.16. The fourth-order valence-electron chi connectivity index (χ4n) is 2.78. The first-order valence-corrected chi connectivity index (χ1v) is 10.6. The van der Waals surface area contributed by atoms with Crippen LogP contribution in [0.25, 0.3) is 0 Å². The van der Waals surface area contributed by atoms with E-state index in [4.69, 9.17) is 4.74 Å². The van der Waals surface area contributed by atoms with Crippen molar-refractivity contribution in [2.24, 2.45) is 5.41 Å². The number of nitrogens with zero attached hydrogens (tertiary/aromatic N) is 1. The number of benzene rings is 1. The van der Waals surface area contributed by atoms with E-state index in [0.29, 0.717) is 23.7 Å². The molecule has 1 aliphatic heterocycles. The van der Waals surface area contributed by atoms with E-state index in [9.17, 15) is 13.2 Å². The van der Waals surface area contributed by atoms with Crippen molar-refractivity contribution >= 4 is 38.6 Å². The van der Waals surface area contributed by atoms with E-state index >= 15 is 0 Å². The average molecular weight is 395 g/mol. The summed E-state index contributed by atoms with van der Waals surface area (Å²) in [5.74, 6) is 0.522. The minimum absolute atomic E-state index is 0.0485. The van der Waals surface area contributed by atoms with Crippen molar-refractivity contribution < 1.29 is 17.9 Å². The highest BCUT2D eigenvalue weighted by Gasteiger charge is 2.37. The normalized spacial score (nSPS) is 16.6. The Kier molecular flexibility index (Phi) is 4.74. The van der Waals surface area contributed by atoms with Gasteiger partial charge in [-0.15, -0.1) is 11.3 Å². The summed E-state index contributed by atoms with van der Waals surface area (Å²) in [5.41, 5.74) is 0.318. The van der Waals surface area contributed by atoms with Crippen molar-refractivity contribution in [1.82, 2.24) is 0 Å². The highest BCUT2D eigenvalue weighted by atomic mass is 32.2. The molecular formula is C18H22N2O4S2. The van der Waals surface area contributed by atoms with E-state index in [0.717, 1.165) is 4.88 Å². The zero-order valence-electron chi connectivity index (χ0n) is 15.2. The monoisotopic (exact) mass is 394 g/mol. The third kappa shape index (κ3) is 3.43. The van der Waals surface area contributed by atoms with Crippen LogP contribution in [0.5, 0.6) is 5.75 Å². The lowest BCUT2D eigenvalue weighted by Crippen LogP contribution is -2.42. The Morgan fingerprint density at radius 2 is 2.00 bits per heavy atom. The van der Waals surface area contributed by atoms with Crippen molar-refractivity contribution in [3.05, 3.63) is 35.2 Å². The Labute approximate surface area is 157 Å². The number of rotatable bonds is 4. The van der Waals surface area contributed by atoms with Gasteiger partial charge in [0.15, 0.2) is 0 Å². The van der Waals surface area contributed by atoms with E-state index in [-0.39, 0.29) is 16.7 Å². The van der Waals surface area contributed by atoms with Gasteiger partial charge in [0, 0.05) is 11.4 Å². The molecule has 0 spiro atoms. The van der Waals surface area contributed by atoms with Gasteiger partial charge < -0.3 is 9.64 Å². The van der Waals surface area contributed by atoms with Gasteiger partial charge in [0.05, 0.1) is 16.8 Å². The average Bonchev–Trinajstić information content (AvgIpc) is 2.98. The van der Waals surface area contributed by atoms with Gasteiger partial charge in [0.1, 0.15) is 16.6 Å². The SMILES string of the molecule is CCN1C(=O)C(C)(C)COc2ccc(NS(=O)(=O)c3ccc(C)s3)cc21. The summed E-state index contributed by atoms with van der Waals surface area (Å²) in [4.78, 5) is 15.3. The van der Waals surface area contributed by atoms with Crippen LogP contribution in [0.15, 0.2) is 34.5 Å². The maximum Gasteiger partial charge on any atom is 0.271 e. The lowest BCUT2D eigenvalue weighted by molar-refractivity contribution is -0.127. The molecule has 1 N–H and O–H groups in total. The number of carbonyl (C=O) groups excluding carboxylic acids is 1. The van der Waals surface area contributed by atoms with E-state index < -0.39 is 15.4 Å². The molecule has 6 nitrogen and oxygen atoms in total. The molecule has 1 amide bonds. The number of amides is 1. The number of ether oxygens (including phenoxy) is 1. The van der Waals surface area contributed by atoms with Crippen molar-refractivity contribution in [2.75, 3.05) is 22.8 Å². The summed E-state index contributed by atoms with van der Waals surface area (Å²) >= 11 is 1.21. The predicted molar refractivity (Wildman–Crippen MR) is 104 cm³/mol. The predicted octanol–water partition coefficient (Wildman–Crippen LogP) is 3.63. The Hall–Kier alpha value is -2.06. The number of anilines is 2. The summed E-state index contributed by atoms with van der Waals surface area (Å²) < 4.78 is 33.8. The van der Waals surface area contributed by atoms with Crippen LogP contribution < -0.4 is 14.4 Å². The van der Waals surface area contributed by atoms with Crippen molar-refractivity contribution in [3.63, 3.8) is 0 Å². The van der Waals surface area contributed by atoms with E-state index in [1.54, 1.807) is 35.2 Å². The maximum atomic E-state index is 12.8. The number of thiophene rings is 1. The molecule has 8 heteroatoms. The third-order valence-electron chi connectivity index (χ3n) is 4.21. The minimum Gasteiger partial charge on any atom is -0.490 e. The van der Waals surface area contributed by atoms with Gasteiger partial charge in [-0.25, -0.2) is 8.42 Å². The fraction of sp³-hybridized carbons (Fsp3) is 0.389. The van der Waals surface area contributed by atoms with Crippen molar-refractivity contribution in [1.29, 1.82) is 0 Å². The van der Waals surface area contributed by atoms with E-state index in [1.165, 1.54) is 11.3 Å². The van der Waals surface area contributed by atoms with Crippen LogP contribution in [0.4, 0.5) is 11.4 Å². The molecular weight excluding hydrogens is 372 g/mol. The largest absolute Gasteiger partial charge is 0.490 e. The molecule has 1 aromatic carbocycles. The lowest BCUT2D eigenvalue weighted by atomic mass is 9.93. The van der Waals surface area contributed by atoms with Crippen LogP contribution in [0.1, 0.15) is 25.6 Å². The van der Waals surface area contributed by atoms with Crippen LogP contribution in [-0.4, -0.2) is 27.5 Å². The highest BCUT2D eigenvalue weighted by molar-refractivity contribution is 7.94. The molecule has 0 saturated heterocycles. The van der Waals surface area contributed by atoms with Gasteiger partial charge in [-0.3, -0.25) is 9.52 Å². The second-order valence-corrected chi connectivity index (χ2v) is 10.1. The molecule has 0 aliphatic carbocycles. The molecule has 3 rings (SSSR count). The number of hydrogen-bond acceptors (Lipinski definition) is 5. The standard InChI is InChI=1S/C18H22N2O4S2/c1-5-20-14-10-13(19-26(22,23)16-9-6-12(2)25-16)7-8-15(14)24-11-18(3,4)17(20)21/h6-10,19H,5,11H2,1-4H3. The molecule has 1 aliphatic rings. The molecule has 0 atom stereocenters. The quantitative estimate of drug-likeness (QED) is 0.859. The van der Waals surface area contributed by atoms with Gasteiger partial charge in [0.2, 0.25) is 5.91 Å². The summed E-state index contributed by atoms with van der Waals surface area (Å²) in [7, 11) is -3.66. The fourth-order valence-corrected chi connectivity index (χ4v) is 5.12. The second kappa shape index (κ2) is 6.59. The maximum absolute atomic E-state index is 12.8. The van der Waals surface area contributed by atoms with Crippen molar-refractivity contribution in [3.8, 4) is 5.75 Å². The summed E-state index contributed by atoms with van der Waals surface area (Å²) in [5, 5.41) is 0. The van der Waals surface area contributed by atoms with Crippen LogP contribution in [0.3, 0.4) is 0 Å². The molecule has 0 saturated carbocycles. The molecule has 0 unspecified atom stereocenters. The first-order valence-electron chi connectivity index (χ1n) is 8.32. The van der Waals surface area contributed by atoms with E-state index in [1.807, 2.05) is 27.7 Å². The first-order chi connectivity index (χ1) is 12.1. The molecule has 0 radical (unpaired) electrons. The Balaban J connectivity index is 1.97. The Bertz CT molecular complexity index is 948. The van der Waals surface area contributed by atoms with Crippen LogP contribution in [-0.2, 0) is 14.8 Å². The number of sulfonamides is 1. The summed E-state index contributed by atoms with van der Waals surface area (Å²) in [6, 6.07) is 8.34. The number of nitrogens with one attached hydrogen (secondary N) is 1. The van der Waals surface area contributed by atoms with Gasteiger partial charge in [-0.2, -0.15) is 0 Å². The topological polar surface area (TPSA) is 75.7 Å². The number of aryl methyl sites for hydroxylation is 1. The van der Waals surface area contributed by atoms with Crippen LogP contribution >= 0.6 is 11.3 Å². The van der Waals surface area contributed by atoms with Crippen LogP contribution in [0.2, 0.25) is 0 Å². The minimum atomic E-state index is -3.66. The van der Waals surface area contributed by atoms with Gasteiger partial charge >= 0.3 is 0 Å². The highest BCUT2D eigenvalue weighted by Crippen LogP contribution is 2.38. The van der Waals surface area contributed by atoms with Crippen LogP contribution in [0, 0.1) is 12.3 Å². The molecule has 0 bridgehead atoms. The van der Waals surface area contributed by atoms with Gasteiger partial charge in [-0.1, -0.05) is 0 Å². The molecule has 1 aromatic heterocycles. The lowest BCUT2D eigenvalue weighted by Gasteiger charge is -2.27. The van der Waals surface area contributed by atoms with Crippen molar-refractivity contribution in [2.45, 2.75) is 31.9 Å². The second-order valence-electron chi connectivity index (χ2n) is 6.88. The first kappa shape index (κ1) is 18.7. The number of fused-ring (bicyclic) bond motifs is 1. The zero-order chi connectivity index (χ0) is 19.1. The molecule has 26 heavy (non-hydrogen) atoms. The molecule has 0 fully saturated rings. The molecule has 140 valence electrons. The summed E-state index contributed by atoms with van der Waals surface area (Å²) in [6.07, 6.45) is 0. The van der Waals surface area contributed by atoms with E-state index in [2.05, 4.69) is 4.72 Å². The zero-order valence-corrected chi connectivity index (χ0v) is 16.8. The van der Waals surface area contributed by atoms with Gasteiger partial charge in [-0.05, 0) is 58.0 Å². The Morgan fingerprint density at radius 1 is 1.27 bits per heavy atom. The Morgan fingerprint density at radius 3 is 2.62 bits per heavy atom.